The molecule has 0 bridgehead atoms. The molecule has 0 aromatic heterocycles. The van der Waals surface area contributed by atoms with E-state index in [1.165, 1.54) is 0 Å². The summed E-state index contributed by atoms with van der Waals surface area (Å²) in [6.45, 7) is 1.99. The average Bonchev–Trinajstić information content (AvgIpc) is 2.36. The van der Waals surface area contributed by atoms with Gasteiger partial charge in [-0.3, -0.25) is 9.59 Å². The van der Waals surface area contributed by atoms with E-state index < -0.39 is 0 Å². The molecule has 18 heavy (non-hydrogen) atoms. The number of fused-ring (bicyclic) bond motifs is 1. The Morgan fingerprint density at radius 3 is 2.94 bits per heavy atom. The van der Waals surface area contributed by atoms with Crippen LogP contribution in [0.5, 0.6) is 5.75 Å². The SMILES string of the molecule is CC(COc1ccc2c(c1)CCCC2=O)C(N)=O. The van der Waals surface area contributed by atoms with Gasteiger partial charge < -0.3 is 10.5 Å². The molecular formula is C14H17NO3. The summed E-state index contributed by atoms with van der Waals surface area (Å²) in [4.78, 5) is 22.5. The summed E-state index contributed by atoms with van der Waals surface area (Å²) in [6.07, 6.45) is 2.43. The molecule has 96 valence electrons. The van der Waals surface area contributed by atoms with Crippen molar-refractivity contribution in [3.05, 3.63) is 29.3 Å². The van der Waals surface area contributed by atoms with Crippen LogP contribution in [0.25, 0.3) is 0 Å². The van der Waals surface area contributed by atoms with Crippen LogP contribution in [0.3, 0.4) is 0 Å². The molecular weight excluding hydrogens is 230 g/mol. The molecule has 2 N–H and O–H groups in total. The Morgan fingerprint density at radius 1 is 1.44 bits per heavy atom. The highest BCUT2D eigenvalue weighted by atomic mass is 16.5. The van der Waals surface area contributed by atoms with E-state index in [1.807, 2.05) is 6.07 Å². The molecule has 0 saturated carbocycles. The van der Waals surface area contributed by atoms with Gasteiger partial charge >= 0.3 is 0 Å². The number of ether oxygens (including phenoxy) is 1. The van der Waals surface area contributed by atoms with E-state index >= 15 is 0 Å². The van der Waals surface area contributed by atoms with E-state index in [4.69, 9.17) is 10.5 Å². The van der Waals surface area contributed by atoms with Crippen LogP contribution in [0.1, 0.15) is 35.7 Å². The zero-order chi connectivity index (χ0) is 13.1. The van der Waals surface area contributed by atoms with Crippen molar-refractivity contribution >= 4 is 11.7 Å². The molecule has 0 saturated heterocycles. The van der Waals surface area contributed by atoms with Gasteiger partial charge in [0.25, 0.3) is 0 Å². The zero-order valence-electron chi connectivity index (χ0n) is 10.4. The van der Waals surface area contributed by atoms with Crippen LogP contribution < -0.4 is 10.5 Å². The molecule has 4 heteroatoms. The van der Waals surface area contributed by atoms with E-state index in [9.17, 15) is 9.59 Å². The van der Waals surface area contributed by atoms with Crippen LogP contribution in [0.15, 0.2) is 18.2 Å². The Hall–Kier alpha value is -1.84. The summed E-state index contributed by atoms with van der Waals surface area (Å²) in [5.41, 5.74) is 7.01. The van der Waals surface area contributed by atoms with E-state index in [0.29, 0.717) is 12.2 Å². The molecule has 1 aliphatic rings. The highest BCUT2D eigenvalue weighted by molar-refractivity contribution is 5.98. The highest BCUT2D eigenvalue weighted by Crippen LogP contribution is 2.25. The van der Waals surface area contributed by atoms with Gasteiger partial charge in [-0.15, -0.1) is 0 Å². The summed E-state index contributed by atoms with van der Waals surface area (Å²) in [5, 5.41) is 0. The number of benzene rings is 1. The number of primary amides is 1. The molecule has 1 amide bonds. The second-order valence-corrected chi connectivity index (χ2v) is 4.71. The van der Waals surface area contributed by atoms with Crippen LogP contribution in [-0.2, 0) is 11.2 Å². The maximum absolute atomic E-state index is 11.7. The third-order valence-corrected chi connectivity index (χ3v) is 3.21. The Kier molecular flexibility index (Phi) is 3.65. The first-order valence-electron chi connectivity index (χ1n) is 6.16. The smallest absolute Gasteiger partial charge is 0.223 e. The minimum atomic E-state index is -0.372. The standard InChI is InChI=1S/C14H17NO3/c1-9(14(15)17)8-18-11-5-6-12-10(7-11)3-2-4-13(12)16/h5-7,9H,2-4,8H2,1H3,(H2,15,17). The number of carbonyl (C=O) groups is 2. The van der Waals surface area contributed by atoms with Crippen molar-refractivity contribution in [3.63, 3.8) is 0 Å². The number of aryl methyl sites for hydroxylation is 1. The Labute approximate surface area is 106 Å². The minimum absolute atomic E-state index is 0.202. The first-order valence-corrected chi connectivity index (χ1v) is 6.16. The first kappa shape index (κ1) is 12.6. The van der Waals surface area contributed by atoms with Gasteiger partial charge in [0.05, 0.1) is 12.5 Å². The van der Waals surface area contributed by atoms with Crippen molar-refractivity contribution in [2.45, 2.75) is 26.2 Å². The number of ketones is 1. The second kappa shape index (κ2) is 5.21. The van der Waals surface area contributed by atoms with E-state index in [0.717, 1.165) is 24.0 Å². The average molecular weight is 247 g/mol. The molecule has 1 unspecified atom stereocenters. The third-order valence-electron chi connectivity index (χ3n) is 3.21. The Morgan fingerprint density at radius 2 is 2.22 bits per heavy atom. The fraction of sp³-hybridized carbons (Fsp3) is 0.429. The van der Waals surface area contributed by atoms with Crippen molar-refractivity contribution in [2.24, 2.45) is 11.7 Å². The lowest BCUT2D eigenvalue weighted by atomic mass is 9.90. The molecule has 1 aliphatic carbocycles. The first-order chi connectivity index (χ1) is 8.58. The molecule has 0 heterocycles. The third kappa shape index (κ3) is 2.70. The van der Waals surface area contributed by atoms with Crippen LogP contribution in [-0.4, -0.2) is 18.3 Å². The van der Waals surface area contributed by atoms with Crippen molar-refractivity contribution < 1.29 is 14.3 Å². The van der Waals surface area contributed by atoms with Crippen LogP contribution >= 0.6 is 0 Å². The van der Waals surface area contributed by atoms with Crippen molar-refractivity contribution in [3.8, 4) is 5.75 Å². The topological polar surface area (TPSA) is 69.4 Å². The number of nitrogens with two attached hydrogens (primary N) is 1. The van der Waals surface area contributed by atoms with E-state index in [-0.39, 0.29) is 24.2 Å². The van der Waals surface area contributed by atoms with E-state index in [2.05, 4.69) is 0 Å². The molecule has 1 aromatic carbocycles. The molecule has 1 aromatic rings. The number of hydrogen-bond donors (Lipinski definition) is 1. The quantitative estimate of drug-likeness (QED) is 0.880. The van der Waals surface area contributed by atoms with Crippen LogP contribution in [0.2, 0.25) is 0 Å². The largest absolute Gasteiger partial charge is 0.493 e. The highest BCUT2D eigenvalue weighted by Gasteiger charge is 2.17. The van der Waals surface area contributed by atoms with Crippen molar-refractivity contribution in [2.75, 3.05) is 6.61 Å². The lowest BCUT2D eigenvalue weighted by Crippen LogP contribution is -2.25. The minimum Gasteiger partial charge on any atom is -0.493 e. The Bertz CT molecular complexity index is 482. The second-order valence-electron chi connectivity index (χ2n) is 4.71. The van der Waals surface area contributed by atoms with Crippen LogP contribution in [0, 0.1) is 5.92 Å². The number of rotatable bonds is 4. The number of Topliss-reactive ketones (excluding diaryl/α,β-unsaturated/α-hetero) is 1. The molecule has 4 nitrogen and oxygen atoms in total. The summed E-state index contributed by atoms with van der Waals surface area (Å²) >= 11 is 0. The van der Waals surface area contributed by atoms with Gasteiger partial charge in [0.2, 0.25) is 5.91 Å². The van der Waals surface area contributed by atoms with E-state index in [1.54, 1.807) is 19.1 Å². The van der Waals surface area contributed by atoms with Crippen molar-refractivity contribution in [1.29, 1.82) is 0 Å². The Balaban J connectivity index is 2.07. The number of carbonyl (C=O) groups excluding carboxylic acids is 2. The van der Waals surface area contributed by atoms with Gasteiger partial charge in [-0.2, -0.15) is 0 Å². The maximum Gasteiger partial charge on any atom is 0.223 e. The summed E-state index contributed by atoms with van der Waals surface area (Å²) in [7, 11) is 0. The molecule has 2 rings (SSSR count). The van der Waals surface area contributed by atoms with Crippen molar-refractivity contribution in [1.82, 2.24) is 0 Å². The predicted octanol–water partition coefficient (Wildman–Crippen LogP) is 1.71. The normalized spacial score (nSPS) is 15.9. The molecule has 0 aliphatic heterocycles. The summed E-state index contributed by atoms with van der Waals surface area (Å²) < 4.78 is 5.52. The molecule has 0 radical (unpaired) electrons. The predicted molar refractivity (Wildman–Crippen MR) is 67.6 cm³/mol. The molecule has 0 fully saturated rings. The van der Waals surface area contributed by atoms with Crippen LogP contribution in [0.4, 0.5) is 0 Å². The van der Waals surface area contributed by atoms with Gasteiger partial charge in [-0.25, -0.2) is 0 Å². The molecule has 0 spiro atoms. The fourth-order valence-corrected chi connectivity index (χ4v) is 2.02. The molecule has 1 atom stereocenters. The lowest BCUT2D eigenvalue weighted by Gasteiger charge is -2.16. The number of hydrogen-bond acceptors (Lipinski definition) is 3. The zero-order valence-corrected chi connectivity index (χ0v) is 10.4. The fourth-order valence-electron chi connectivity index (χ4n) is 2.02. The van der Waals surface area contributed by atoms with Gasteiger partial charge in [0.15, 0.2) is 5.78 Å². The van der Waals surface area contributed by atoms with Gasteiger partial charge in [-0.1, -0.05) is 6.92 Å². The monoisotopic (exact) mass is 247 g/mol. The number of amides is 1. The summed E-state index contributed by atoms with van der Waals surface area (Å²) in [5.74, 6) is 0.204. The van der Waals surface area contributed by atoms with Gasteiger partial charge in [0, 0.05) is 12.0 Å². The maximum atomic E-state index is 11.7. The summed E-state index contributed by atoms with van der Waals surface area (Å²) in [6, 6.07) is 5.47. The van der Waals surface area contributed by atoms with Gasteiger partial charge in [0.1, 0.15) is 5.75 Å². The van der Waals surface area contributed by atoms with Gasteiger partial charge in [-0.05, 0) is 36.6 Å². The lowest BCUT2D eigenvalue weighted by molar-refractivity contribution is -0.122.